The van der Waals surface area contributed by atoms with Crippen LogP contribution in [0.3, 0.4) is 0 Å². The molecular formula is C20H18ClFN2O4S2. The molecule has 3 aromatic rings. The van der Waals surface area contributed by atoms with Crippen LogP contribution in [-0.4, -0.2) is 44.9 Å². The molecule has 2 aromatic carbocycles. The Bertz CT molecular complexity index is 1240. The second kappa shape index (κ2) is 8.24. The summed E-state index contributed by atoms with van der Waals surface area (Å²) in [5, 5.41) is 3.53. The maximum absolute atomic E-state index is 13.5. The van der Waals surface area contributed by atoms with E-state index in [0.717, 1.165) is 11.3 Å². The first-order valence-corrected chi connectivity index (χ1v) is 11.8. The molecule has 0 unspecified atom stereocenters. The first-order valence-electron chi connectivity index (χ1n) is 9.15. The highest BCUT2D eigenvalue weighted by atomic mass is 35.5. The van der Waals surface area contributed by atoms with Gasteiger partial charge in [0.25, 0.3) is 5.91 Å². The first-order chi connectivity index (χ1) is 14.3. The van der Waals surface area contributed by atoms with Crippen molar-refractivity contribution in [1.29, 1.82) is 0 Å². The normalized spacial score (nSPS) is 15.4. The lowest BCUT2D eigenvalue weighted by molar-refractivity contribution is 0.0730. The lowest BCUT2D eigenvalue weighted by atomic mass is 10.2. The van der Waals surface area contributed by atoms with Gasteiger partial charge in [-0.25, -0.2) is 12.8 Å². The highest BCUT2D eigenvalue weighted by Crippen LogP contribution is 2.36. The number of thiophene rings is 1. The van der Waals surface area contributed by atoms with Gasteiger partial charge in [0.1, 0.15) is 10.7 Å². The van der Waals surface area contributed by atoms with E-state index in [-0.39, 0.29) is 27.9 Å². The lowest BCUT2D eigenvalue weighted by Crippen LogP contribution is -2.40. The van der Waals surface area contributed by atoms with E-state index in [1.54, 1.807) is 19.1 Å². The van der Waals surface area contributed by atoms with Gasteiger partial charge in [-0.2, -0.15) is 4.31 Å². The number of fused-ring (bicyclic) bond motifs is 1. The van der Waals surface area contributed by atoms with Crippen LogP contribution in [0.5, 0.6) is 0 Å². The van der Waals surface area contributed by atoms with Gasteiger partial charge in [0.2, 0.25) is 10.0 Å². The zero-order valence-corrected chi connectivity index (χ0v) is 18.3. The number of halogens is 2. The molecule has 1 N–H and O–H groups in total. The summed E-state index contributed by atoms with van der Waals surface area (Å²) >= 11 is 7.39. The third-order valence-electron chi connectivity index (χ3n) is 4.83. The number of anilines is 1. The summed E-state index contributed by atoms with van der Waals surface area (Å²) in [6, 6.07) is 8.85. The number of nitrogens with zero attached hydrogens (tertiary/aromatic N) is 1. The molecule has 0 spiro atoms. The molecular weight excluding hydrogens is 451 g/mol. The second-order valence-corrected chi connectivity index (χ2v) is 10.2. The van der Waals surface area contributed by atoms with Crippen LogP contribution in [0.2, 0.25) is 5.02 Å². The van der Waals surface area contributed by atoms with Crippen molar-refractivity contribution < 1.29 is 22.3 Å². The number of aryl methyl sites for hydroxylation is 1. The largest absolute Gasteiger partial charge is 0.379 e. The van der Waals surface area contributed by atoms with E-state index in [2.05, 4.69) is 5.32 Å². The Morgan fingerprint density at radius 2 is 1.93 bits per heavy atom. The van der Waals surface area contributed by atoms with Crippen molar-refractivity contribution >= 4 is 54.6 Å². The Hall–Kier alpha value is -2.04. The van der Waals surface area contributed by atoms with E-state index in [4.69, 9.17) is 16.3 Å². The highest BCUT2D eigenvalue weighted by Gasteiger charge is 2.28. The summed E-state index contributed by atoms with van der Waals surface area (Å²) in [6.45, 7) is 2.97. The Labute approximate surface area is 182 Å². The molecule has 1 amide bonds. The SMILES string of the molecule is Cc1ccc(NC(=O)c2sc3cc(F)ccc3c2Cl)cc1S(=O)(=O)N1CCOCC1. The minimum absolute atomic E-state index is 0.131. The molecule has 4 rings (SSSR count). The number of benzene rings is 2. The molecule has 1 aromatic heterocycles. The Morgan fingerprint density at radius 3 is 2.67 bits per heavy atom. The van der Waals surface area contributed by atoms with E-state index >= 15 is 0 Å². The number of sulfonamides is 1. The van der Waals surface area contributed by atoms with E-state index in [9.17, 15) is 17.6 Å². The third kappa shape index (κ3) is 3.95. The number of amides is 1. The highest BCUT2D eigenvalue weighted by molar-refractivity contribution is 7.89. The summed E-state index contributed by atoms with van der Waals surface area (Å²) in [5.74, 6) is -0.899. The van der Waals surface area contributed by atoms with Gasteiger partial charge < -0.3 is 10.1 Å². The maximum atomic E-state index is 13.5. The average Bonchev–Trinajstić information content (AvgIpc) is 3.05. The number of rotatable bonds is 4. The predicted octanol–water partition coefficient (Wildman–Crippen LogP) is 4.28. The van der Waals surface area contributed by atoms with Crippen molar-refractivity contribution in [2.75, 3.05) is 31.6 Å². The summed E-state index contributed by atoms with van der Waals surface area (Å²) < 4.78 is 46.7. The number of carbonyl (C=O) groups excluding carboxylic acids is 1. The minimum atomic E-state index is -3.71. The molecule has 1 saturated heterocycles. The molecule has 1 fully saturated rings. The third-order valence-corrected chi connectivity index (χ3v) is 8.53. The zero-order chi connectivity index (χ0) is 21.5. The molecule has 0 radical (unpaired) electrons. The van der Waals surface area contributed by atoms with Gasteiger partial charge >= 0.3 is 0 Å². The van der Waals surface area contributed by atoms with Crippen LogP contribution < -0.4 is 5.32 Å². The number of nitrogens with one attached hydrogen (secondary N) is 1. The summed E-state index contributed by atoms with van der Waals surface area (Å²) in [5.41, 5.74) is 0.909. The van der Waals surface area contributed by atoms with Crippen molar-refractivity contribution in [2.45, 2.75) is 11.8 Å². The predicted molar refractivity (Wildman–Crippen MR) is 116 cm³/mol. The molecule has 0 saturated carbocycles. The van der Waals surface area contributed by atoms with Crippen LogP contribution in [0.1, 0.15) is 15.2 Å². The monoisotopic (exact) mass is 468 g/mol. The molecule has 1 aliphatic heterocycles. The Kier molecular flexibility index (Phi) is 5.82. The number of hydrogen-bond acceptors (Lipinski definition) is 5. The lowest BCUT2D eigenvalue weighted by Gasteiger charge is -2.26. The number of morpholine rings is 1. The Balaban J connectivity index is 1.63. The fourth-order valence-electron chi connectivity index (χ4n) is 3.25. The van der Waals surface area contributed by atoms with Crippen molar-refractivity contribution in [3.05, 3.63) is 57.7 Å². The summed E-state index contributed by atoms with van der Waals surface area (Å²) in [7, 11) is -3.71. The smallest absolute Gasteiger partial charge is 0.267 e. The standard InChI is InChI=1S/C20H18ClFN2O4S2/c1-12-2-4-14(11-17(12)30(26,27)24-6-8-28-9-7-24)23-20(25)19-18(21)15-5-3-13(22)10-16(15)29-19/h2-5,10-11H,6-9H2,1H3,(H,23,25). The van der Waals surface area contributed by atoms with Crippen LogP contribution in [0.25, 0.3) is 10.1 Å². The van der Waals surface area contributed by atoms with E-state index in [1.807, 2.05) is 0 Å². The van der Waals surface area contributed by atoms with Crippen molar-refractivity contribution in [2.24, 2.45) is 0 Å². The van der Waals surface area contributed by atoms with E-state index in [0.29, 0.717) is 34.6 Å². The Morgan fingerprint density at radius 1 is 1.20 bits per heavy atom. The molecule has 0 atom stereocenters. The number of hydrogen-bond donors (Lipinski definition) is 1. The zero-order valence-electron chi connectivity index (χ0n) is 15.9. The quantitative estimate of drug-likeness (QED) is 0.620. The fourth-order valence-corrected chi connectivity index (χ4v) is 6.35. The van der Waals surface area contributed by atoms with Crippen molar-refractivity contribution in [3.8, 4) is 0 Å². The van der Waals surface area contributed by atoms with Crippen LogP contribution in [0.4, 0.5) is 10.1 Å². The second-order valence-electron chi connectivity index (χ2n) is 6.84. The van der Waals surface area contributed by atoms with Crippen LogP contribution >= 0.6 is 22.9 Å². The van der Waals surface area contributed by atoms with E-state index in [1.165, 1.54) is 28.6 Å². The molecule has 6 nitrogen and oxygen atoms in total. The van der Waals surface area contributed by atoms with Crippen LogP contribution in [-0.2, 0) is 14.8 Å². The summed E-state index contributed by atoms with van der Waals surface area (Å²) in [4.78, 5) is 13.1. The van der Waals surface area contributed by atoms with Gasteiger partial charge in [0, 0.05) is 28.9 Å². The van der Waals surface area contributed by atoms with Gasteiger partial charge in [0.05, 0.1) is 23.1 Å². The molecule has 2 heterocycles. The number of ether oxygens (including phenoxy) is 1. The van der Waals surface area contributed by atoms with Crippen LogP contribution in [0.15, 0.2) is 41.3 Å². The topological polar surface area (TPSA) is 75.7 Å². The van der Waals surface area contributed by atoms with Gasteiger partial charge in [-0.3, -0.25) is 4.79 Å². The van der Waals surface area contributed by atoms with Gasteiger partial charge in [-0.05, 0) is 42.8 Å². The van der Waals surface area contributed by atoms with Gasteiger partial charge in [-0.1, -0.05) is 17.7 Å². The molecule has 1 aliphatic rings. The van der Waals surface area contributed by atoms with Crippen LogP contribution in [0, 0.1) is 12.7 Å². The van der Waals surface area contributed by atoms with Crippen molar-refractivity contribution in [3.63, 3.8) is 0 Å². The van der Waals surface area contributed by atoms with E-state index < -0.39 is 21.7 Å². The molecule has 10 heteroatoms. The van der Waals surface area contributed by atoms with Gasteiger partial charge in [-0.15, -0.1) is 11.3 Å². The minimum Gasteiger partial charge on any atom is -0.379 e. The first kappa shape index (κ1) is 21.2. The molecule has 30 heavy (non-hydrogen) atoms. The van der Waals surface area contributed by atoms with Crippen molar-refractivity contribution in [1.82, 2.24) is 4.31 Å². The number of carbonyl (C=O) groups is 1. The molecule has 0 aliphatic carbocycles. The fraction of sp³-hybridized carbons (Fsp3) is 0.250. The molecule has 158 valence electrons. The van der Waals surface area contributed by atoms with Gasteiger partial charge in [0.15, 0.2) is 0 Å². The summed E-state index contributed by atoms with van der Waals surface area (Å²) in [6.07, 6.45) is 0. The maximum Gasteiger partial charge on any atom is 0.267 e. The average molecular weight is 469 g/mol. The molecule has 0 bridgehead atoms.